The van der Waals surface area contributed by atoms with Crippen LogP contribution in [0.25, 0.3) is 0 Å². The second-order valence-electron chi connectivity index (χ2n) is 9.76. The molecule has 2 atom stereocenters. The van der Waals surface area contributed by atoms with Gasteiger partial charge in [0, 0.05) is 19.1 Å². The number of carbonyl (C=O) groups is 1. The van der Waals surface area contributed by atoms with Crippen LogP contribution < -0.4 is 10.1 Å². The predicted octanol–water partition coefficient (Wildman–Crippen LogP) is 6.31. The summed E-state index contributed by atoms with van der Waals surface area (Å²) < 4.78 is 5.97. The SMILES string of the molecule is Cc1ccc(CC(C)N(Cc2ccccc2)CC(O)c2ccc(OCc3ccccc3)c(NC=O)c2)cc1. The molecule has 0 bridgehead atoms. The van der Waals surface area contributed by atoms with Crippen molar-refractivity contribution in [1.29, 1.82) is 0 Å². The number of aliphatic hydroxyl groups excluding tert-OH is 1. The van der Waals surface area contributed by atoms with Crippen LogP contribution in [-0.2, 0) is 24.4 Å². The normalized spacial score (nSPS) is 12.6. The molecule has 38 heavy (non-hydrogen) atoms. The monoisotopic (exact) mass is 508 g/mol. The van der Waals surface area contributed by atoms with Crippen molar-refractivity contribution in [1.82, 2.24) is 4.90 Å². The molecule has 4 aromatic rings. The highest BCUT2D eigenvalue weighted by Crippen LogP contribution is 2.30. The molecule has 5 nitrogen and oxygen atoms in total. The molecular weight excluding hydrogens is 472 g/mol. The van der Waals surface area contributed by atoms with E-state index in [9.17, 15) is 9.90 Å². The van der Waals surface area contributed by atoms with E-state index in [4.69, 9.17) is 4.74 Å². The minimum absolute atomic E-state index is 0.202. The van der Waals surface area contributed by atoms with Gasteiger partial charge in [0.25, 0.3) is 0 Å². The van der Waals surface area contributed by atoms with Crippen LogP contribution >= 0.6 is 0 Å². The Balaban J connectivity index is 1.50. The summed E-state index contributed by atoms with van der Waals surface area (Å²) in [4.78, 5) is 13.6. The predicted molar refractivity (Wildman–Crippen MR) is 153 cm³/mol. The van der Waals surface area contributed by atoms with E-state index in [0.29, 0.717) is 31.0 Å². The van der Waals surface area contributed by atoms with Crippen LogP contribution in [0.1, 0.15) is 40.8 Å². The van der Waals surface area contributed by atoms with Crippen LogP contribution in [0, 0.1) is 6.92 Å². The van der Waals surface area contributed by atoms with E-state index in [2.05, 4.69) is 60.5 Å². The number of carbonyl (C=O) groups excluding carboxylic acids is 1. The summed E-state index contributed by atoms with van der Waals surface area (Å²) in [6.45, 7) is 5.86. The first-order chi connectivity index (χ1) is 18.5. The Bertz CT molecular complexity index is 1280. The molecule has 0 saturated heterocycles. The van der Waals surface area contributed by atoms with Gasteiger partial charge in [0.2, 0.25) is 6.41 Å². The van der Waals surface area contributed by atoms with E-state index in [1.54, 1.807) is 6.07 Å². The molecule has 196 valence electrons. The number of aliphatic hydroxyl groups is 1. The molecule has 0 aliphatic heterocycles. The Morgan fingerprint density at radius 1 is 0.868 bits per heavy atom. The number of anilines is 1. The lowest BCUT2D eigenvalue weighted by Gasteiger charge is -2.31. The van der Waals surface area contributed by atoms with E-state index in [1.165, 1.54) is 16.7 Å². The number of rotatable bonds is 13. The number of benzene rings is 4. The van der Waals surface area contributed by atoms with E-state index in [-0.39, 0.29) is 6.04 Å². The zero-order valence-corrected chi connectivity index (χ0v) is 22.1. The molecule has 0 aliphatic rings. The van der Waals surface area contributed by atoms with Crippen molar-refractivity contribution in [3.63, 3.8) is 0 Å². The lowest BCUT2D eigenvalue weighted by atomic mass is 10.0. The first-order valence-corrected chi connectivity index (χ1v) is 13.0. The Kier molecular flexibility index (Phi) is 9.68. The summed E-state index contributed by atoms with van der Waals surface area (Å²) in [7, 11) is 0. The van der Waals surface area contributed by atoms with Gasteiger partial charge in [-0.25, -0.2) is 0 Å². The molecular formula is C33H36N2O3. The summed E-state index contributed by atoms with van der Waals surface area (Å²) in [6.07, 6.45) is 0.769. The summed E-state index contributed by atoms with van der Waals surface area (Å²) >= 11 is 0. The van der Waals surface area contributed by atoms with Crippen LogP contribution in [0.5, 0.6) is 5.75 Å². The van der Waals surface area contributed by atoms with Crippen LogP contribution in [0.4, 0.5) is 5.69 Å². The second-order valence-corrected chi connectivity index (χ2v) is 9.76. The standard InChI is InChI=1S/C33H36N2O3/c1-25-13-15-27(16-14-25)19-26(2)35(21-28-9-5-3-6-10-28)22-32(37)30-17-18-33(31(20-30)34-24-36)38-23-29-11-7-4-8-12-29/h3-18,20,24,26,32,37H,19,21-23H2,1-2H3,(H,34,36). The van der Waals surface area contributed by atoms with Gasteiger partial charge in [-0.1, -0.05) is 96.6 Å². The second kappa shape index (κ2) is 13.6. The molecule has 4 aromatic carbocycles. The van der Waals surface area contributed by atoms with E-state index in [0.717, 1.165) is 24.1 Å². The van der Waals surface area contributed by atoms with Crippen LogP contribution in [0.15, 0.2) is 103 Å². The van der Waals surface area contributed by atoms with Gasteiger partial charge >= 0.3 is 0 Å². The molecule has 2 N–H and O–H groups in total. The van der Waals surface area contributed by atoms with Crippen LogP contribution in [0.2, 0.25) is 0 Å². The smallest absolute Gasteiger partial charge is 0.211 e. The molecule has 0 saturated carbocycles. The van der Waals surface area contributed by atoms with Crippen LogP contribution in [0.3, 0.4) is 0 Å². The van der Waals surface area contributed by atoms with Crippen molar-refractivity contribution in [3.8, 4) is 5.75 Å². The largest absolute Gasteiger partial charge is 0.487 e. The molecule has 0 fully saturated rings. The average molecular weight is 509 g/mol. The number of nitrogens with zero attached hydrogens (tertiary/aromatic N) is 1. The quantitative estimate of drug-likeness (QED) is 0.208. The molecule has 4 rings (SSSR count). The number of aryl methyl sites for hydroxylation is 1. The average Bonchev–Trinajstić information content (AvgIpc) is 2.94. The van der Waals surface area contributed by atoms with Crippen molar-refractivity contribution in [2.45, 2.75) is 45.6 Å². The molecule has 0 radical (unpaired) electrons. The number of nitrogens with one attached hydrogen (secondary N) is 1. The fraction of sp³-hybridized carbons (Fsp3) is 0.242. The summed E-state index contributed by atoms with van der Waals surface area (Å²) in [6, 6.07) is 34.5. The highest BCUT2D eigenvalue weighted by molar-refractivity contribution is 5.76. The number of ether oxygens (including phenoxy) is 1. The lowest BCUT2D eigenvalue weighted by molar-refractivity contribution is -0.105. The van der Waals surface area contributed by atoms with E-state index in [1.807, 2.05) is 60.7 Å². The van der Waals surface area contributed by atoms with Gasteiger partial charge in [-0.2, -0.15) is 0 Å². The molecule has 0 aliphatic carbocycles. The van der Waals surface area contributed by atoms with E-state index >= 15 is 0 Å². The number of hydrogen-bond acceptors (Lipinski definition) is 4. The van der Waals surface area contributed by atoms with Crippen LogP contribution in [-0.4, -0.2) is 29.0 Å². The fourth-order valence-corrected chi connectivity index (χ4v) is 4.53. The minimum atomic E-state index is -0.741. The van der Waals surface area contributed by atoms with Gasteiger partial charge in [0.1, 0.15) is 12.4 Å². The van der Waals surface area contributed by atoms with Gasteiger partial charge in [-0.3, -0.25) is 9.69 Å². The summed E-state index contributed by atoms with van der Waals surface area (Å²) in [5.74, 6) is 0.561. The maximum Gasteiger partial charge on any atom is 0.211 e. The van der Waals surface area contributed by atoms with Gasteiger partial charge in [-0.05, 0) is 54.7 Å². The van der Waals surface area contributed by atoms with Crippen molar-refractivity contribution in [3.05, 3.63) is 131 Å². The molecule has 1 amide bonds. The van der Waals surface area contributed by atoms with Crippen molar-refractivity contribution in [2.24, 2.45) is 0 Å². The van der Waals surface area contributed by atoms with Crippen molar-refractivity contribution < 1.29 is 14.6 Å². The first kappa shape index (κ1) is 27.1. The van der Waals surface area contributed by atoms with Crippen molar-refractivity contribution >= 4 is 12.1 Å². The Morgan fingerprint density at radius 3 is 2.18 bits per heavy atom. The Morgan fingerprint density at radius 2 is 1.53 bits per heavy atom. The van der Waals surface area contributed by atoms with Gasteiger partial charge in [0.15, 0.2) is 0 Å². The maximum atomic E-state index is 11.3. The number of amides is 1. The third-order valence-electron chi connectivity index (χ3n) is 6.75. The molecule has 0 spiro atoms. The first-order valence-electron chi connectivity index (χ1n) is 13.0. The minimum Gasteiger partial charge on any atom is -0.487 e. The topological polar surface area (TPSA) is 61.8 Å². The zero-order valence-electron chi connectivity index (χ0n) is 22.1. The summed E-state index contributed by atoms with van der Waals surface area (Å²) in [5, 5.41) is 14.0. The molecule has 0 aromatic heterocycles. The fourth-order valence-electron chi connectivity index (χ4n) is 4.53. The third kappa shape index (κ3) is 7.78. The van der Waals surface area contributed by atoms with E-state index < -0.39 is 6.10 Å². The third-order valence-corrected chi connectivity index (χ3v) is 6.75. The highest BCUT2D eigenvalue weighted by Gasteiger charge is 2.21. The summed E-state index contributed by atoms with van der Waals surface area (Å²) in [5.41, 5.74) is 6.01. The van der Waals surface area contributed by atoms with Gasteiger partial charge in [0.05, 0.1) is 11.8 Å². The Hall–Kier alpha value is -3.93. The zero-order chi connectivity index (χ0) is 26.7. The number of hydrogen-bond donors (Lipinski definition) is 2. The van der Waals surface area contributed by atoms with Crippen molar-refractivity contribution in [2.75, 3.05) is 11.9 Å². The molecule has 0 heterocycles. The Labute approximate surface area is 225 Å². The lowest BCUT2D eigenvalue weighted by Crippen LogP contribution is -2.37. The maximum absolute atomic E-state index is 11.3. The molecule has 5 heteroatoms. The molecule has 2 unspecified atom stereocenters. The van der Waals surface area contributed by atoms with Gasteiger partial charge in [-0.15, -0.1) is 0 Å². The van der Waals surface area contributed by atoms with Gasteiger partial charge < -0.3 is 15.2 Å². The highest BCUT2D eigenvalue weighted by atomic mass is 16.5.